The van der Waals surface area contributed by atoms with Crippen LogP contribution in [0.15, 0.2) is 24.3 Å². The van der Waals surface area contributed by atoms with Crippen LogP contribution >= 0.6 is 0 Å². The molecule has 0 radical (unpaired) electrons. The highest BCUT2D eigenvalue weighted by atomic mass is 16.5. The fraction of sp³-hybridized carbons (Fsp3) is 0.500. The molecule has 4 heteroatoms. The maximum absolute atomic E-state index is 12.2. The summed E-state index contributed by atoms with van der Waals surface area (Å²) in [6.45, 7) is 8.69. The maximum atomic E-state index is 12.2. The minimum atomic E-state index is -0.597. The highest BCUT2D eigenvalue weighted by Gasteiger charge is 2.21. The third-order valence-corrected chi connectivity index (χ3v) is 3.24. The third-order valence-electron chi connectivity index (χ3n) is 3.24. The average molecular weight is 277 g/mol. The van der Waals surface area contributed by atoms with Gasteiger partial charge in [-0.3, -0.25) is 9.59 Å². The van der Waals surface area contributed by atoms with Crippen molar-refractivity contribution in [1.82, 2.24) is 4.90 Å². The van der Waals surface area contributed by atoms with Crippen LogP contribution in [0.5, 0.6) is 5.75 Å². The first kappa shape index (κ1) is 16.2. The number of hydrogen-bond donors (Lipinski definition) is 0. The van der Waals surface area contributed by atoms with Gasteiger partial charge in [-0.1, -0.05) is 19.1 Å². The van der Waals surface area contributed by atoms with Crippen molar-refractivity contribution in [2.75, 3.05) is 13.1 Å². The topological polar surface area (TPSA) is 46.6 Å². The molecule has 1 atom stereocenters. The number of para-hydroxylation sites is 1. The zero-order valence-corrected chi connectivity index (χ0v) is 12.7. The van der Waals surface area contributed by atoms with Gasteiger partial charge in [-0.25, -0.2) is 0 Å². The molecule has 0 aliphatic rings. The van der Waals surface area contributed by atoms with E-state index in [0.29, 0.717) is 30.8 Å². The van der Waals surface area contributed by atoms with E-state index in [0.717, 1.165) is 0 Å². The Bertz CT molecular complexity index is 467. The molecule has 4 nitrogen and oxygen atoms in total. The number of carbonyl (C=O) groups excluding carboxylic acids is 2. The Morgan fingerprint density at radius 1 is 1.15 bits per heavy atom. The number of Topliss-reactive ketones (excluding diaryl/α,β-unsaturated/α-hetero) is 1. The molecule has 0 bridgehead atoms. The fourth-order valence-corrected chi connectivity index (χ4v) is 2.02. The summed E-state index contributed by atoms with van der Waals surface area (Å²) in [5.41, 5.74) is 0.536. The normalized spacial score (nSPS) is 11.8. The number of benzene rings is 1. The molecular weight excluding hydrogens is 254 g/mol. The van der Waals surface area contributed by atoms with Crippen molar-refractivity contribution in [3.05, 3.63) is 29.8 Å². The Hall–Kier alpha value is -1.84. The summed E-state index contributed by atoms with van der Waals surface area (Å²) in [6, 6.07) is 7.06. The lowest BCUT2D eigenvalue weighted by atomic mass is 10.1. The molecule has 0 saturated heterocycles. The Morgan fingerprint density at radius 2 is 1.75 bits per heavy atom. The van der Waals surface area contributed by atoms with Crippen molar-refractivity contribution >= 4 is 11.7 Å². The number of nitrogens with zero attached hydrogens (tertiary/aromatic N) is 1. The molecule has 0 N–H and O–H groups in total. The van der Waals surface area contributed by atoms with Crippen LogP contribution in [0.2, 0.25) is 0 Å². The van der Waals surface area contributed by atoms with Crippen molar-refractivity contribution in [1.29, 1.82) is 0 Å². The molecule has 0 aliphatic heterocycles. The second-order valence-electron chi connectivity index (χ2n) is 4.54. The van der Waals surface area contributed by atoms with Gasteiger partial charge >= 0.3 is 0 Å². The summed E-state index contributed by atoms with van der Waals surface area (Å²) in [7, 11) is 0. The third kappa shape index (κ3) is 3.83. The zero-order chi connectivity index (χ0) is 15.1. The van der Waals surface area contributed by atoms with Crippen LogP contribution in [0, 0.1) is 0 Å². The molecule has 1 rings (SSSR count). The first-order chi connectivity index (χ1) is 9.54. The van der Waals surface area contributed by atoms with Crippen LogP contribution in [0.4, 0.5) is 0 Å². The van der Waals surface area contributed by atoms with E-state index in [-0.39, 0.29) is 11.7 Å². The molecule has 1 aromatic rings. The molecule has 0 aromatic heterocycles. The molecule has 0 aliphatic carbocycles. The molecule has 110 valence electrons. The minimum absolute atomic E-state index is 0.0167. The predicted octanol–water partition coefficient (Wildman–Crippen LogP) is 2.92. The van der Waals surface area contributed by atoms with Crippen molar-refractivity contribution in [3.8, 4) is 5.75 Å². The van der Waals surface area contributed by atoms with Crippen molar-refractivity contribution < 1.29 is 14.3 Å². The number of rotatable bonds is 7. The van der Waals surface area contributed by atoms with Gasteiger partial charge in [0.25, 0.3) is 5.91 Å². The molecule has 1 amide bonds. The summed E-state index contributed by atoms with van der Waals surface area (Å²) >= 11 is 0. The Labute approximate surface area is 120 Å². The molecule has 0 saturated carbocycles. The number of hydrogen-bond acceptors (Lipinski definition) is 3. The minimum Gasteiger partial charge on any atom is -0.480 e. The largest absolute Gasteiger partial charge is 0.480 e. The summed E-state index contributed by atoms with van der Waals surface area (Å²) in [4.78, 5) is 25.8. The number of carbonyl (C=O) groups is 2. The molecule has 0 fully saturated rings. The molecule has 1 aromatic carbocycles. The maximum Gasteiger partial charge on any atom is 0.263 e. The van der Waals surface area contributed by atoms with Crippen LogP contribution in [0.1, 0.15) is 44.5 Å². The number of amides is 1. The smallest absolute Gasteiger partial charge is 0.263 e. The number of likely N-dealkylation sites (N-methyl/N-ethyl adjacent to an activating group) is 1. The highest BCUT2D eigenvalue weighted by molar-refractivity contribution is 5.98. The predicted molar refractivity (Wildman–Crippen MR) is 79.1 cm³/mol. The second kappa shape index (κ2) is 7.68. The molecule has 20 heavy (non-hydrogen) atoms. The Morgan fingerprint density at radius 3 is 2.30 bits per heavy atom. The van der Waals surface area contributed by atoms with E-state index in [9.17, 15) is 9.59 Å². The van der Waals surface area contributed by atoms with E-state index < -0.39 is 6.10 Å². The van der Waals surface area contributed by atoms with Gasteiger partial charge in [-0.2, -0.15) is 0 Å². The van der Waals surface area contributed by atoms with Gasteiger partial charge in [0.15, 0.2) is 11.9 Å². The van der Waals surface area contributed by atoms with Gasteiger partial charge in [0.1, 0.15) is 5.75 Å². The summed E-state index contributed by atoms with van der Waals surface area (Å²) in [6.07, 6.45) is -0.181. The van der Waals surface area contributed by atoms with Gasteiger partial charge < -0.3 is 9.64 Å². The summed E-state index contributed by atoms with van der Waals surface area (Å²) < 4.78 is 5.70. The van der Waals surface area contributed by atoms with Gasteiger partial charge in [0.2, 0.25) is 0 Å². The second-order valence-corrected chi connectivity index (χ2v) is 4.54. The molecular formula is C16H23NO3. The lowest BCUT2D eigenvalue weighted by Gasteiger charge is -2.24. The van der Waals surface area contributed by atoms with Crippen LogP contribution in [0.25, 0.3) is 0 Å². The van der Waals surface area contributed by atoms with Crippen LogP contribution in [-0.2, 0) is 4.79 Å². The average Bonchev–Trinajstić information content (AvgIpc) is 2.48. The van der Waals surface area contributed by atoms with Crippen LogP contribution in [-0.4, -0.2) is 35.8 Å². The first-order valence-electron chi connectivity index (χ1n) is 7.12. The van der Waals surface area contributed by atoms with E-state index in [4.69, 9.17) is 4.74 Å². The van der Waals surface area contributed by atoms with Crippen molar-refractivity contribution in [3.63, 3.8) is 0 Å². The van der Waals surface area contributed by atoms with Gasteiger partial charge in [0.05, 0.1) is 5.56 Å². The summed E-state index contributed by atoms with van der Waals surface area (Å²) in [5, 5.41) is 0. The SMILES string of the molecule is CCC(=O)c1ccccc1OC(C)C(=O)N(CC)CC. The lowest BCUT2D eigenvalue weighted by molar-refractivity contribution is -0.137. The van der Waals surface area contributed by atoms with Crippen molar-refractivity contribution in [2.24, 2.45) is 0 Å². The van der Waals surface area contributed by atoms with E-state index in [2.05, 4.69) is 0 Å². The van der Waals surface area contributed by atoms with E-state index in [1.807, 2.05) is 20.8 Å². The highest BCUT2D eigenvalue weighted by Crippen LogP contribution is 2.21. The number of ether oxygens (including phenoxy) is 1. The molecule has 0 heterocycles. The van der Waals surface area contributed by atoms with Gasteiger partial charge in [0, 0.05) is 19.5 Å². The monoisotopic (exact) mass is 277 g/mol. The van der Waals surface area contributed by atoms with Gasteiger partial charge in [-0.15, -0.1) is 0 Å². The van der Waals surface area contributed by atoms with Crippen LogP contribution < -0.4 is 4.74 Å². The standard InChI is InChI=1S/C16H23NO3/c1-5-14(18)13-10-8-9-11-15(13)20-12(4)16(19)17(6-2)7-3/h8-12H,5-7H2,1-4H3. The van der Waals surface area contributed by atoms with E-state index in [1.165, 1.54) is 0 Å². The zero-order valence-electron chi connectivity index (χ0n) is 12.7. The van der Waals surface area contributed by atoms with E-state index in [1.54, 1.807) is 36.1 Å². The quantitative estimate of drug-likeness (QED) is 0.720. The Balaban J connectivity index is 2.88. The van der Waals surface area contributed by atoms with Crippen LogP contribution in [0.3, 0.4) is 0 Å². The van der Waals surface area contributed by atoms with Gasteiger partial charge in [-0.05, 0) is 32.9 Å². The molecule has 1 unspecified atom stereocenters. The number of ketones is 1. The lowest BCUT2D eigenvalue weighted by Crippen LogP contribution is -2.40. The molecule has 0 spiro atoms. The first-order valence-corrected chi connectivity index (χ1v) is 7.12. The van der Waals surface area contributed by atoms with E-state index >= 15 is 0 Å². The summed E-state index contributed by atoms with van der Waals surface area (Å²) in [5.74, 6) is 0.434. The van der Waals surface area contributed by atoms with Crippen molar-refractivity contribution in [2.45, 2.75) is 40.2 Å². The Kier molecular flexibility index (Phi) is 6.22. The fourth-order valence-electron chi connectivity index (χ4n) is 2.02.